The summed E-state index contributed by atoms with van der Waals surface area (Å²) in [5.41, 5.74) is 10.1. The van der Waals surface area contributed by atoms with E-state index in [4.69, 9.17) is 10.5 Å². The van der Waals surface area contributed by atoms with Crippen molar-refractivity contribution in [3.8, 4) is 5.75 Å². The second kappa shape index (κ2) is 7.37. The second-order valence-electron chi connectivity index (χ2n) is 7.91. The maximum atomic E-state index is 6.47. The van der Waals surface area contributed by atoms with Crippen LogP contribution in [-0.2, 0) is 12.0 Å². The van der Waals surface area contributed by atoms with Crippen LogP contribution in [0.1, 0.15) is 55.3 Å². The van der Waals surface area contributed by atoms with Crippen molar-refractivity contribution in [3.05, 3.63) is 59.4 Å². The maximum Gasteiger partial charge on any atom is 0.119 e. The van der Waals surface area contributed by atoms with Crippen LogP contribution in [0.15, 0.2) is 42.7 Å². The highest BCUT2D eigenvalue weighted by molar-refractivity contribution is 5.41. The van der Waals surface area contributed by atoms with Crippen molar-refractivity contribution in [3.63, 3.8) is 0 Å². The van der Waals surface area contributed by atoms with Gasteiger partial charge in [0.15, 0.2) is 0 Å². The molecule has 1 aliphatic carbocycles. The number of aryl methyl sites for hydroxylation is 1. The van der Waals surface area contributed by atoms with Crippen LogP contribution in [0.25, 0.3) is 0 Å². The minimum absolute atomic E-state index is 0.402. The molecule has 1 aromatic carbocycles. The molecular weight excluding hydrogens is 322 g/mol. The molecular formula is C22H29N3O. The van der Waals surface area contributed by atoms with Gasteiger partial charge in [-0.15, -0.1) is 0 Å². The summed E-state index contributed by atoms with van der Waals surface area (Å²) >= 11 is 0. The standard InChI is InChI=1S/C22H29N3O/c1-22(23,18-8-11-24-12-9-18)10-15-26-19-5-6-20-17(16-19)4-7-21(20)25-13-2-3-14-25/h5-6,8-9,11-12,16,21H,2-4,7,10,13-15,23H2,1H3. The molecule has 0 bridgehead atoms. The minimum Gasteiger partial charge on any atom is -0.494 e. The quantitative estimate of drug-likeness (QED) is 0.860. The fourth-order valence-electron chi connectivity index (χ4n) is 4.35. The van der Waals surface area contributed by atoms with Gasteiger partial charge in [-0.2, -0.15) is 0 Å². The molecule has 0 spiro atoms. The molecule has 0 amide bonds. The first-order chi connectivity index (χ1) is 12.6. The summed E-state index contributed by atoms with van der Waals surface area (Å²) in [4.78, 5) is 6.72. The zero-order valence-corrected chi connectivity index (χ0v) is 15.7. The summed E-state index contributed by atoms with van der Waals surface area (Å²) in [5.74, 6) is 0.969. The molecule has 4 heteroatoms. The third kappa shape index (κ3) is 3.62. The van der Waals surface area contributed by atoms with Crippen LogP contribution < -0.4 is 10.5 Å². The number of likely N-dealkylation sites (tertiary alicyclic amines) is 1. The largest absolute Gasteiger partial charge is 0.494 e. The number of rotatable bonds is 6. The van der Waals surface area contributed by atoms with Crippen LogP contribution in [0.5, 0.6) is 5.75 Å². The van der Waals surface area contributed by atoms with Gasteiger partial charge >= 0.3 is 0 Å². The zero-order valence-electron chi connectivity index (χ0n) is 15.7. The lowest BCUT2D eigenvalue weighted by Gasteiger charge is -2.25. The SMILES string of the molecule is CC(N)(CCOc1ccc2c(c1)CCC2N1CCCC1)c1ccncc1. The van der Waals surface area contributed by atoms with Crippen LogP contribution in [-0.4, -0.2) is 29.6 Å². The van der Waals surface area contributed by atoms with Gasteiger partial charge in [0, 0.05) is 30.4 Å². The van der Waals surface area contributed by atoms with Gasteiger partial charge in [-0.1, -0.05) is 6.07 Å². The Labute approximate surface area is 156 Å². The van der Waals surface area contributed by atoms with Crippen molar-refractivity contribution < 1.29 is 4.74 Å². The van der Waals surface area contributed by atoms with E-state index in [-0.39, 0.29) is 0 Å². The first-order valence-electron chi connectivity index (χ1n) is 9.82. The van der Waals surface area contributed by atoms with Crippen LogP contribution >= 0.6 is 0 Å². The summed E-state index contributed by atoms with van der Waals surface area (Å²) in [6.07, 6.45) is 9.47. The predicted octanol–water partition coefficient (Wildman–Crippen LogP) is 3.81. The molecule has 4 rings (SSSR count). The number of hydrogen-bond acceptors (Lipinski definition) is 4. The lowest BCUT2D eigenvalue weighted by Crippen LogP contribution is -2.34. The van der Waals surface area contributed by atoms with Crippen LogP contribution in [0, 0.1) is 0 Å². The van der Waals surface area contributed by atoms with E-state index >= 15 is 0 Å². The Morgan fingerprint density at radius 3 is 2.73 bits per heavy atom. The third-order valence-corrected chi connectivity index (χ3v) is 5.97. The van der Waals surface area contributed by atoms with E-state index < -0.39 is 5.54 Å². The van der Waals surface area contributed by atoms with Crippen molar-refractivity contribution in [2.24, 2.45) is 5.73 Å². The lowest BCUT2D eigenvalue weighted by atomic mass is 9.91. The van der Waals surface area contributed by atoms with Crippen molar-refractivity contribution in [2.75, 3.05) is 19.7 Å². The molecule has 1 aliphatic heterocycles. The van der Waals surface area contributed by atoms with Gasteiger partial charge in [0.1, 0.15) is 5.75 Å². The molecule has 26 heavy (non-hydrogen) atoms. The minimum atomic E-state index is -0.402. The second-order valence-corrected chi connectivity index (χ2v) is 7.91. The van der Waals surface area contributed by atoms with Gasteiger partial charge in [-0.05, 0) is 86.7 Å². The van der Waals surface area contributed by atoms with Crippen LogP contribution in [0.2, 0.25) is 0 Å². The molecule has 1 fully saturated rings. The number of aromatic nitrogens is 1. The van der Waals surface area contributed by atoms with Gasteiger partial charge in [0.25, 0.3) is 0 Å². The van der Waals surface area contributed by atoms with Crippen molar-refractivity contribution in [2.45, 2.75) is 50.6 Å². The molecule has 1 saturated heterocycles. The van der Waals surface area contributed by atoms with E-state index in [9.17, 15) is 0 Å². The van der Waals surface area contributed by atoms with E-state index in [1.54, 1.807) is 12.4 Å². The van der Waals surface area contributed by atoms with Gasteiger partial charge in [-0.3, -0.25) is 9.88 Å². The Bertz CT molecular complexity index is 738. The molecule has 2 unspecified atom stereocenters. The average molecular weight is 351 g/mol. The Kier molecular flexibility index (Phi) is 4.96. The molecule has 0 saturated carbocycles. The number of ether oxygens (including phenoxy) is 1. The molecule has 1 aromatic heterocycles. The Balaban J connectivity index is 1.36. The van der Waals surface area contributed by atoms with E-state index in [0.717, 1.165) is 17.7 Å². The normalized spacial score (nSPS) is 22.2. The highest BCUT2D eigenvalue weighted by Gasteiger charge is 2.29. The van der Waals surface area contributed by atoms with Crippen molar-refractivity contribution in [1.29, 1.82) is 0 Å². The van der Waals surface area contributed by atoms with Gasteiger partial charge in [-0.25, -0.2) is 0 Å². The number of pyridine rings is 1. The van der Waals surface area contributed by atoms with Crippen LogP contribution in [0.3, 0.4) is 0 Å². The lowest BCUT2D eigenvalue weighted by molar-refractivity contribution is 0.245. The summed E-state index contributed by atoms with van der Waals surface area (Å²) in [6, 6.07) is 11.2. The fraction of sp³-hybridized carbons (Fsp3) is 0.500. The molecule has 0 radical (unpaired) electrons. The molecule has 4 nitrogen and oxygen atoms in total. The van der Waals surface area contributed by atoms with Gasteiger partial charge in [0.05, 0.1) is 6.61 Å². The highest BCUT2D eigenvalue weighted by Crippen LogP contribution is 2.39. The van der Waals surface area contributed by atoms with E-state index in [1.165, 1.54) is 49.9 Å². The van der Waals surface area contributed by atoms with Crippen molar-refractivity contribution in [1.82, 2.24) is 9.88 Å². The Morgan fingerprint density at radius 2 is 1.96 bits per heavy atom. The molecule has 2 atom stereocenters. The monoisotopic (exact) mass is 351 g/mol. The van der Waals surface area contributed by atoms with E-state index in [2.05, 4.69) is 35.0 Å². The van der Waals surface area contributed by atoms with Crippen LogP contribution in [0.4, 0.5) is 0 Å². The Hall–Kier alpha value is -1.91. The van der Waals surface area contributed by atoms with E-state index in [1.807, 2.05) is 12.1 Å². The molecule has 2 aliphatic rings. The number of fused-ring (bicyclic) bond motifs is 1. The first-order valence-corrected chi connectivity index (χ1v) is 9.82. The summed E-state index contributed by atoms with van der Waals surface area (Å²) in [5, 5.41) is 0. The summed E-state index contributed by atoms with van der Waals surface area (Å²) < 4.78 is 6.04. The highest BCUT2D eigenvalue weighted by atomic mass is 16.5. The molecule has 2 heterocycles. The Morgan fingerprint density at radius 1 is 1.19 bits per heavy atom. The molecule has 2 aromatic rings. The molecule has 138 valence electrons. The topological polar surface area (TPSA) is 51.4 Å². The zero-order chi connectivity index (χ0) is 18.0. The van der Waals surface area contributed by atoms with E-state index in [0.29, 0.717) is 12.6 Å². The summed E-state index contributed by atoms with van der Waals surface area (Å²) in [7, 11) is 0. The number of nitrogens with zero attached hydrogens (tertiary/aromatic N) is 2. The number of hydrogen-bond donors (Lipinski definition) is 1. The van der Waals surface area contributed by atoms with Crippen molar-refractivity contribution >= 4 is 0 Å². The predicted molar refractivity (Wildman–Crippen MR) is 104 cm³/mol. The summed E-state index contributed by atoms with van der Waals surface area (Å²) in [6.45, 7) is 5.18. The smallest absolute Gasteiger partial charge is 0.119 e. The third-order valence-electron chi connectivity index (χ3n) is 5.97. The maximum absolute atomic E-state index is 6.47. The number of benzene rings is 1. The first kappa shape index (κ1) is 17.5. The fourth-order valence-corrected chi connectivity index (χ4v) is 4.35. The van der Waals surface area contributed by atoms with Gasteiger partial charge in [0.2, 0.25) is 0 Å². The average Bonchev–Trinajstić information content (AvgIpc) is 3.31. The number of nitrogens with two attached hydrogens (primary N) is 1. The van der Waals surface area contributed by atoms with Gasteiger partial charge < -0.3 is 10.5 Å². The molecule has 2 N–H and O–H groups in total.